The first-order chi connectivity index (χ1) is 10.8. The molecule has 3 heterocycles. The molecule has 1 fully saturated rings. The number of rotatable bonds is 2. The van der Waals surface area contributed by atoms with Crippen molar-refractivity contribution in [2.45, 2.75) is 30.7 Å². The smallest absolute Gasteiger partial charge is 0.279 e. The van der Waals surface area contributed by atoms with Gasteiger partial charge in [0, 0.05) is 0 Å². The maximum Gasteiger partial charge on any atom is 0.279 e. The molecule has 4 atom stereocenters. The molecule has 0 aromatic carbocycles. The lowest BCUT2D eigenvalue weighted by Gasteiger charge is -2.26. The quantitative estimate of drug-likeness (QED) is 0.343. The molecule has 122 valence electrons. The van der Waals surface area contributed by atoms with Gasteiger partial charge in [0.2, 0.25) is 11.5 Å². The number of nitrogens with one attached hydrogen (secondary N) is 1. The zero-order valence-corrected chi connectivity index (χ0v) is 14.0. The summed E-state index contributed by atoms with van der Waals surface area (Å²) in [5.74, 6) is -0.257. The van der Waals surface area contributed by atoms with Crippen LogP contribution in [0.2, 0.25) is 0 Å². The predicted octanol–water partition coefficient (Wildman–Crippen LogP) is -0.217. The van der Waals surface area contributed by atoms with Crippen LogP contribution in [0, 0.1) is 19.3 Å². The van der Waals surface area contributed by atoms with Gasteiger partial charge in [-0.25, -0.2) is 14.4 Å². The molecule has 1 aliphatic heterocycles. The van der Waals surface area contributed by atoms with Crippen LogP contribution < -0.4 is 5.56 Å². The van der Waals surface area contributed by atoms with Crippen LogP contribution in [-0.2, 0) is 4.74 Å². The standard InChI is InChI=1S/C13H12FIN4O4/c1-3-12(22)10(21)13(14,4-15)23-11(12)19-5-16-7-8(19)17-6(2)18-9(7)20/h1,5,10-11,21-22H,4H2,2H3,(H,17,18,20)/t10-,11+,12+,13+/m0/s1. The van der Waals surface area contributed by atoms with Crippen molar-refractivity contribution in [2.75, 3.05) is 4.43 Å². The molecule has 0 unspecified atom stereocenters. The van der Waals surface area contributed by atoms with E-state index in [9.17, 15) is 19.4 Å². The minimum atomic E-state index is -2.54. The van der Waals surface area contributed by atoms with E-state index in [0.717, 1.165) is 10.9 Å². The highest BCUT2D eigenvalue weighted by Crippen LogP contribution is 2.46. The molecule has 0 spiro atoms. The number of halogens is 2. The van der Waals surface area contributed by atoms with Gasteiger partial charge in [0.1, 0.15) is 5.82 Å². The van der Waals surface area contributed by atoms with Crippen molar-refractivity contribution in [3.05, 3.63) is 22.5 Å². The number of ether oxygens (including phenoxy) is 1. The second kappa shape index (κ2) is 5.23. The third kappa shape index (κ3) is 2.18. The molecule has 2 aromatic heterocycles. The zero-order valence-electron chi connectivity index (χ0n) is 11.8. The minimum Gasteiger partial charge on any atom is -0.383 e. The van der Waals surface area contributed by atoms with E-state index in [1.54, 1.807) is 29.5 Å². The van der Waals surface area contributed by atoms with E-state index < -0.39 is 29.3 Å². The summed E-state index contributed by atoms with van der Waals surface area (Å²) in [6.45, 7) is 1.56. The molecule has 3 rings (SSSR count). The topological polar surface area (TPSA) is 113 Å². The molecule has 8 nitrogen and oxygen atoms in total. The van der Waals surface area contributed by atoms with Crippen molar-refractivity contribution in [1.29, 1.82) is 0 Å². The van der Waals surface area contributed by atoms with E-state index in [2.05, 4.69) is 15.0 Å². The molecule has 2 aromatic rings. The van der Waals surface area contributed by atoms with E-state index in [4.69, 9.17) is 11.2 Å². The Morgan fingerprint density at radius 1 is 1.70 bits per heavy atom. The lowest BCUT2D eigenvalue weighted by Crippen LogP contribution is -2.49. The number of nitrogens with zero attached hydrogens (tertiary/aromatic N) is 3. The normalized spacial score (nSPS) is 33.9. The van der Waals surface area contributed by atoms with Crippen LogP contribution in [0.25, 0.3) is 11.2 Å². The van der Waals surface area contributed by atoms with Crippen molar-refractivity contribution < 1.29 is 19.3 Å². The first kappa shape index (κ1) is 16.3. The molecule has 1 aliphatic rings. The van der Waals surface area contributed by atoms with Gasteiger partial charge in [-0.05, 0) is 6.92 Å². The SMILES string of the molecule is C#C[C@]1(O)[C@H](n2cnc3c(=O)[nH]c(C)nc32)O[C@](F)(CI)[C@H]1O. The number of hydrogen-bond acceptors (Lipinski definition) is 6. The van der Waals surface area contributed by atoms with Gasteiger partial charge in [-0.1, -0.05) is 28.5 Å². The number of imidazole rings is 1. The Morgan fingerprint density at radius 3 is 3.00 bits per heavy atom. The largest absolute Gasteiger partial charge is 0.383 e. The Hall–Kier alpha value is -1.55. The molecule has 0 saturated carbocycles. The molecule has 23 heavy (non-hydrogen) atoms. The Kier molecular flexibility index (Phi) is 3.71. The second-order valence-electron chi connectivity index (χ2n) is 5.24. The summed E-state index contributed by atoms with van der Waals surface area (Å²) in [7, 11) is 0. The van der Waals surface area contributed by atoms with Crippen LogP contribution in [0.15, 0.2) is 11.1 Å². The van der Waals surface area contributed by atoms with E-state index in [0.29, 0.717) is 5.82 Å². The van der Waals surface area contributed by atoms with Crippen LogP contribution in [0.3, 0.4) is 0 Å². The number of aromatic amines is 1. The van der Waals surface area contributed by atoms with E-state index in [1.165, 1.54) is 0 Å². The molecular weight excluding hydrogens is 422 g/mol. The number of terminal acetylenes is 1. The number of aryl methyl sites for hydroxylation is 1. The summed E-state index contributed by atoms with van der Waals surface area (Å²) < 4.78 is 20.8. The number of aliphatic hydroxyl groups excluding tert-OH is 1. The molecule has 0 amide bonds. The lowest BCUT2D eigenvalue weighted by atomic mass is 9.94. The van der Waals surface area contributed by atoms with Crippen LogP contribution in [0.1, 0.15) is 12.1 Å². The summed E-state index contributed by atoms with van der Waals surface area (Å²) in [6, 6.07) is 0. The monoisotopic (exact) mass is 434 g/mol. The molecular formula is C13H12FIN4O4. The average molecular weight is 434 g/mol. The lowest BCUT2D eigenvalue weighted by molar-refractivity contribution is -0.167. The maximum atomic E-state index is 14.7. The van der Waals surface area contributed by atoms with Crippen molar-refractivity contribution in [3.8, 4) is 12.3 Å². The molecule has 0 aliphatic carbocycles. The van der Waals surface area contributed by atoms with Crippen LogP contribution in [0.4, 0.5) is 4.39 Å². The highest BCUT2D eigenvalue weighted by Gasteiger charge is 2.64. The summed E-state index contributed by atoms with van der Waals surface area (Å²) in [5, 5.41) is 20.6. The van der Waals surface area contributed by atoms with Crippen LogP contribution in [0.5, 0.6) is 0 Å². The summed E-state index contributed by atoms with van der Waals surface area (Å²) in [5.41, 5.74) is -2.78. The Morgan fingerprint density at radius 2 is 2.39 bits per heavy atom. The summed E-state index contributed by atoms with van der Waals surface area (Å²) >= 11 is 1.68. The Labute approximate surface area is 142 Å². The highest BCUT2D eigenvalue weighted by molar-refractivity contribution is 14.1. The van der Waals surface area contributed by atoms with Gasteiger partial charge in [-0.15, -0.1) is 6.42 Å². The van der Waals surface area contributed by atoms with Gasteiger partial charge in [0.15, 0.2) is 23.5 Å². The van der Waals surface area contributed by atoms with Crippen molar-refractivity contribution in [1.82, 2.24) is 19.5 Å². The zero-order chi connectivity index (χ0) is 17.0. The van der Waals surface area contributed by atoms with E-state index >= 15 is 0 Å². The second-order valence-corrected chi connectivity index (χ2v) is 6.00. The molecule has 10 heteroatoms. The average Bonchev–Trinajstić information content (AvgIpc) is 3.01. The fourth-order valence-electron chi connectivity index (χ4n) is 2.53. The van der Waals surface area contributed by atoms with Crippen molar-refractivity contribution >= 4 is 33.8 Å². The van der Waals surface area contributed by atoms with Gasteiger partial charge in [-0.3, -0.25) is 9.36 Å². The number of aromatic nitrogens is 4. The third-order valence-corrected chi connectivity index (χ3v) is 4.77. The van der Waals surface area contributed by atoms with Crippen LogP contribution >= 0.6 is 22.6 Å². The van der Waals surface area contributed by atoms with Gasteiger partial charge in [-0.2, -0.15) is 0 Å². The van der Waals surface area contributed by atoms with E-state index in [-0.39, 0.29) is 15.6 Å². The Balaban J connectivity index is 2.22. The molecule has 3 N–H and O–H groups in total. The van der Waals surface area contributed by atoms with Gasteiger partial charge >= 0.3 is 0 Å². The first-order valence-electron chi connectivity index (χ1n) is 6.51. The number of hydrogen-bond donors (Lipinski definition) is 3. The third-order valence-electron chi connectivity index (χ3n) is 3.73. The Bertz CT molecular complexity index is 877. The fourth-order valence-corrected chi connectivity index (χ4v) is 3.13. The number of H-pyrrole nitrogens is 1. The van der Waals surface area contributed by atoms with Gasteiger partial charge < -0.3 is 19.9 Å². The molecule has 0 radical (unpaired) electrons. The fraction of sp³-hybridized carbons (Fsp3) is 0.462. The summed E-state index contributed by atoms with van der Waals surface area (Å²) in [4.78, 5) is 22.4. The van der Waals surface area contributed by atoms with E-state index in [1.807, 2.05) is 5.92 Å². The number of fused-ring (bicyclic) bond motifs is 1. The van der Waals surface area contributed by atoms with Gasteiger partial charge in [0.05, 0.1) is 10.8 Å². The number of aliphatic hydroxyl groups is 2. The molecule has 1 saturated heterocycles. The highest BCUT2D eigenvalue weighted by atomic mass is 127. The number of alkyl halides is 2. The van der Waals surface area contributed by atoms with Gasteiger partial charge in [0.25, 0.3) is 5.56 Å². The van der Waals surface area contributed by atoms with Crippen LogP contribution in [-0.4, -0.2) is 51.7 Å². The minimum absolute atomic E-state index is 0.0149. The predicted molar refractivity (Wildman–Crippen MR) is 85.5 cm³/mol. The summed E-state index contributed by atoms with van der Waals surface area (Å²) in [6.07, 6.45) is 3.01. The first-order valence-corrected chi connectivity index (χ1v) is 8.03. The molecule has 0 bridgehead atoms. The maximum absolute atomic E-state index is 14.7. The van der Waals surface area contributed by atoms with Crippen molar-refractivity contribution in [2.24, 2.45) is 0 Å². The van der Waals surface area contributed by atoms with Crippen molar-refractivity contribution in [3.63, 3.8) is 0 Å².